The molecule has 0 aliphatic carbocycles. The number of aromatic nitrogens is 9. The highest BCUT2D eigenvalue weighted by Crippen LogP contribution is 2.41. The molecule has 0 radical (unpaired) electrons. The van der Waals surface area contributed by atoms with Gasteiger partial charge in [0.1, 0.15) is 0 Å². The van der Waals surface area contributed by atoms with Crippen molar-refractivity contribution >= 4 is 23.8 Å². The van der Waals surface area contributed by atoms with Crippen molar-refractivity contribution in [2.45, 2.75) is 0 Å². The normalized spacial score (nSPS) is 11.3. The van der Waals surface area contributed by atoms with Crippen LogP contribution in [0.3, 0.4) is 0 Å². The minimum Gasteiger partial charge on any atom is -0.299 e. The highest BCUT2D eigenvalue weighted by atomic mass is 31.2. The predicted molar refractivity (Wildman–Crippen MR) is 219 cm³/mol. The van der Waals surface area contributed by atoms with E-state index in [0.717, 1.165) is 0 Å². The SMILES string of the molecule is O=P(c1nc(-c2ccccc2)nc(-c2ccccc2)n1)(c1nc(-c2ccccc2)nc(-c2ccccc2)n1)c1nc(-c2ccccc2)nc(-c2ccccc2)n1. The van der Waals surface area contributed by atoms with Crippen molar-refractivity contribution in [1.82, 2.24) is 44.9 Å². The summed E-state index contributed by atoms with van der Waals surface area (Å²) in [6, 6.07) is 57.0. The highest BCUT2D eigenvalue weighted by molar-refractivity contribution is 7.84. The molecule has 0 aliphatic heterocycles. The summed E-state index contributed by atoms with van der Waals surface area (Å²) in [5.74, 6) is 1.89. The van der Waals surface area contributed by atoms with Crippen molar-refractivity contribution in [3.63, 3.8) is 0 Å². The van der Waals surface area contributed by atoms with E-state index in [-0.39, 0.29) is 16.7 Å². The Balaban J connectivity index is 1.40. The first-order valence-corrected chi connectivity index (χ1v) is 19.5. The Labute approximate surface area is 322 Å². The summed E-state index contributed by atoms with van der Waals surface area (Å²) in [5, 5.41) is 0. The molecule has 0 bridgehead atoms. The second kappa shape index (κ2) is 15.1. The lowest BCUT2D eigenvalue weighted by atomic mass is 10.2. The summed E-state index contributed by atoms with van der Waals surface area (Å²) in [6.45, 7) is 0. The van der Waals surface area contributed by atoms with Crippen LogP contribution in [0.15, 0.2) is 182 Å². The number of nitrogens with zero attached hydrogens (tertiary/aromatic N) is 9. The second-order valence-electron chi connectivity index (χ2n) is 12.7. The maximum atomic E-state index is 16.9. The molecule has 0 fully saturated rings. The number of benzene rings is 6. The molecule has 56 heavy (non-hydrogen) atoms. The fourth-order valence-corrected chi connectivity index (χ4v) is 8.03. The van der Waals surface area contributed by atoms with Gasteiger partial charge in [-0.1, -0.05) is 182 Å². The van der Waals surface area contributed by atoms with Gasteiger partial charge >= 0.3 is 0 Å². The molecule has 266 valence electrons. The van der Waals surface area contributed by atoms with E-state index in [2.05, 4.69) is 0 Å². The quantitative estimate of drug-likeness (QED) is 0.135. The van der Waals surface area contributed by atoms with Gasteiger partial charge in [-0.25, -0.2) is 44.9 Å². The zero-order chi connectivity index (χ0) is 37.7. The van der Waals surface area contributed by atoms with Crippen LogP contribution in [0.1, 0.15) is 0 Å². The van der Waals surface area contributed by atoms with Gasteiger partial charge in [-0.15, -0.1) is 0 Å². The van der Waals surface area contributed by atoms with E-state index in [0.29, 0.717) is 68.3 Å². The predicted octanol–water partition coefficient (Wildman–Crippen LogP) is 7.88. The fourth-order valence-electron chi connectivity index (χ4n) is 6.08. The lowest BCUT2D eigenvalue weighted by Crippen LogP contribution is -2.37. The van der Waals surface area contributed by atoms with Crippen molar-refractivity contribution in [3.05, 3.63) is 182 Å². The van der Waals surface area contributed by atoms with Crippen LogP contribution in [0.5, 0.6) is 0 Å². The Morgan fingerprint density at radius 3 is 0.554 bits per heavy atom. The molecule has 0 saturated heterocycles. The molecule has 11 heteroatoms. The van der Waals surface area contributed by atoms with Gasteiger partial charge in [-0.3, -0.25) is 4.57 Å². The largest absolute Gasteiger partial charge is 0.299 e. The van der Waals surface area contributed by atoms with E-state index in [1.54, 1.807) is 0 Å². The fraction of sp³-hybridized carbons (Fsp3) is 0. The zero-order valence-corrected chi connectivity index (χ0v) is 30.6. The summed E-state index contributed by atoms with van der Waals surface area (Å²) in [5.41, 5.74) is 3.97. The Hall–Kier alpha value is -7.42. The van der Waals surface area contributed by atoms with Crippen LogP contribution in [0.4, 0.5) is 0 Å². The van der Waals surface area contributed by atoms with Crippen LogP contribution in [-0.4, -0.2) is 44.9 Å². The maximum absolute atomic E-state index is 16.9. The van der Waals surface area contributed by atoms with Gasteiger partial charge in [-0.05, 0) is 0 Å². The third-order valence-electron chi connectivity index (χ3n) is 8.91. The third-order valence-corrected chi connectivity index (χ3v) is 11.2. The minimum absolute atomic E-state index is 0.0846. The summed E-state index contributed by atoms with van der Waals surface area (Å²) < 4.78 is 16.9. The Kier molecular flexibility index (Phi) is 9.29. The maximum Gasteiger partial charge on any atom is 0.278 e. The molecule has 0 N–H and O–H groups in total. The molecule has 9 aromatic rings. The molecule has 3 heterocycles. The van der Waals surface area contributed by atoms with Crippen molar-refractivity contribution in [2.24, 2.45) is 0 Å². The lowest BCUT2D eigenvalue weighted by molar-refractivity contribution is 0.588. The van der Waals surface area contributed by atoms with Crippen molar-refractivity contribution in [2.75, 3.05) is 0 Å². The van der Waals surface area contributed by atoms with Gasteiger partial charge in [0.05, 0.1) is 0 Å². The molecular weight excluding hydrogens is 714 g/mol. The Morgan fingerprint density at radius 2 is 0.393 bits per heavy atom. The van der Waals surface area contributed by atoms with Crippen LogP contribution < -0.4 is 16.7 Å². The van der Waals surface area contributed by atoms with E-state index in [4.69, 9.17) is 44.9 Å². The molecule has 9 rings (SSSR count). The van der Waals surface area contributed by atoms with Gasteiger partial charge in [0, 0.05) is 33.4 Å². The topological polar surface area (TPSA) is 133 Å². The van der Waals surface area contributed by atoms with Crippen molar-refractivity contribution in [3.8, 4) is 68.3 Å². The van der Waals surface area contributed by atoms with Gasteiger partial charge in [0.15, 0.2) is 34.9 Å². The second-order valence-corrected chi connectivity index (χ2v) is 15.1. The monoisotopic (exact) mass is 743 g/mol. The lowest BCUT2D eigenvalue weighted by Gasteiger charge is -2.18. The Bertz CT molecular complexity index is 2330. The first-order valence-electron chi connectivity index (χ1n) is 17.8. The summed E-state index contributed by atoms with van der Waals surface area (Å²) in [7, 11) is -4.45. The molecule has 3 aromatic heterocycles. The van der Waals surface area contributed by atoms with Gasteiger partial charge in [0.2, 0.25) is 16.7 Å². The van der Waals surface area contributed by atoms with E-state index < -0.39 is 7.14 Å². The Morgan fingerprint density at radius 1 is 0.232 bits per heavy atom. The standard InChI is InChI=1S/C45H30N9OP/c55-56(43-49-37(31-19-7-1-8-20-31)46-38(50-43)32-21-9-2-10-22-32,44-51-39(33-23-11-3-12-24-33)47-40(52-44)34-25-13-4-14-26-34)45-53-41(35-27-15-5-16-28-35)48-42(54-45)36-29-17-6-18-30-36/h1-30H. The number of hydrogen-bond acceptors (Lipinski definition) is 10. The summed E-state index contributed by atoms with van der Waals surface area (Å²) >= 11 is 0. The minimum atomic E-state index is -4.45. The van der Waals surface area contributed by atoms with E-state index in [9.17, 15) is 0 Å². The molecule has 0 unspecified atom stereocenters. The summed E-state index contributed by atoms with van der Waals surface area (Å²) in [6.07, 6.45) is 0. The van der Waals surface area contributed by atoms with Crippen LogP contribution >= 0.6 is 7.14 Å². The smallest absolute Gasteiger partial charge is 0.278 e. The van der Waals surface area contributed by atoms with Gasteiger partial charge < -0.3 is 0 Å². The molecule has 10 nitrogen and oxygen atoms in total. The van der Waals surface area contributed by atoms with Gasteiger partial charge in [0.25, 0.3) is 7.14 Å². The van der Waals surface area contributed by atoms with Crippen LogP contribution in [0, 0.1) is 0 Å². The van der Waals surface area contributed by atoms with E-state index >= 15 is 4.57 Å². The molecule has 0 saturated carbocycles. The number of rotatable bonds is 9. The third kappa shape index (κ3) is 6.88. The first-order chi connectivity index (χ1) is 27.6. The first kappa shape index (κ1) is 34.4. The highest BCUT2D eigenvalue weighted by Gasteiger charge is 2.42. The molecular formula is C45H30N9OP. The molecule has 0 spiro atoms. The molecule has 0 aliphatic rings. The van der Waals surface area contributed by atoms with Crippen molar-refractivity contribution in [1.29, 1.82) is 0 Å². The van der Waals surface area contributed by atoms with E-state index in [1.165, 1.54) is 0 Å². The average molecular weight is 744 g/mol. The summed E-state index contributed by atoms with van der Waals surface area (Å²) in [4.78, 5) is 44.5. The van der Waals surface area contributed by atoms with Crippen LogP contribution in [0.2, 0.25) is 0 Å². The molecule has 6 aromatic carbocycles. The van der Waals surface area contributed by atoms with E-state index in [1.807, 2.05) is 182 Å². The van der Waals surface area contributed by atoms with Crippen LogP contribution in [-0.2, 0) is 4.57 Å². The zero-order valence-electron chi connectivity index (χ0n) is 29.7. The average Bonchev–Trinajstić information content (AvgIpc) is 3.30. The van der Waals surface area contributed by atoms with Crippen molar-refractivity contribution < 1.29 is 4.57 Å². The molecule has 0 atom stereocenters. The van der Waals surface area contributed by atoms with Gasteiger partial charge in [-0.2, -0.15) is 0 Å². The number of hydrogen-bond donors (Lipinski definition) is 0. The van der Waals surface area contributed by atoms with Crippen LogP contribution in [0.25, 0.3) is 68.3 Å². The molecule has 0 amide bonds.